The molecule has 3 N–H and O–H groups in total. The van der Waals surface area contributed by atoms with E-state index in [1.807, 2.05) is 0 Å². The number of hydrogen-bond acceptors (Lipinski definition) is 2. The van der Waals surface area contributed by atoms with Crippen molar-refractivity contribution >= 4 is 6.03 Å². The van der Waals surface area contributed by atoms with Gasteiger partial charge in [0.05, 0.1) is 5.54 Å². The maximum atomic E-state index is 12.9. The van der Waals surface area contributed by atoms with Gasteiger partial charge in [-0.1, -0.05) is 12.1 Å². The average Bonchev–Trinajstić information content (AvgIpc) is 2.35. The van der Waals surface area contributed by atoms with Crippen LogP contribution in [0.3, 0.4) is 0 Å². The number of amides is 2. The fraction of sp³-hybridized carbons (Fsp3) is 0.500. The lowest BCUT2D eigenvalue weighted by Crippen LogP contribution is -2.54. The smallest absolute Gasteiger partial charge is 0.315 e. The third-order valence-electron chi connectivity index (χ3n) is 3.58. The van der Waals surface area contributed by atoms with Gasteiger partial charge in [0.2, 0.25) is 0 Å². The summed E-state index contributed by atoms with van der Waals surface area (Å²) in [5.74, 6) is -0.273. The number of benzene rings is 1. The summed E-state index contributed by atoms with van der Waals surface area (Å²) in [5, 5.41) is 14.3. The first-order valence-corrected chi connectivity index (χ1v) is 6.59. The van der Waals surface area contributed by atoms with Crippen molar-refractivity contribution < 1.29 is 14.3 Å². The number of carbonyl (C=O) groups is 1. The topological polar surface area (TPSA) is 61.4 Å². The van der Waals surface area contributed by atoms with E-state index in [0.717, 1.165) is 24.8 Å². The zero-order valence-corrected chi connectivity index (χ0v) is 10.8. The molecule has 1 aromatic carbocycles. The lowest BCUT2D eigenvalue weighted by atomic mass is 9.72. The van der Waals surface area contributed by atoms with Crippen LogP contribution in [0.2, 0.25) is 0 Å². The summed E-state index contributed by atoms with van der Waals surface area (Å²) in [4.78, 5) is 11.8. The summed E-state index contributed by atoms with van der Waals surface area (Å²) in [6.07, 6.45) is 3.32. The third kappa shape index (κ3) is 3.23. The van der Waals surface area contributed by atoms with Crippen LogP contribution in [0.4, 0.5) is 9.18 Å². The molecule has 0 aliphatic heterocycles. The van der Waals surface area contributed by atoms with Gasteiger partial charge < -0.3 is 15.7 Å². The number of halogens is 1. The van der Waals surface area contributed by atoms with Crippen LogP contribution in [0.15, 0.2) is 24.3 Å². The first-order valence-electron chi connectivity index (χ1n) is 6.59. The van der Waals surface area contributed by atoms with E-state index in [4.69, 9.17) is 5.11 Å². The van der Waals surface area contributed by atoms with E-state index >= 15 is 0 Å². The Morgan fingerprint density at radius 2 is 2.00 bits per heavy atom. The molecule has 1 aliphatic carbocycles. The van der Waals surface area contributed by atoms with E-state index < -0.39 is 0 Å². The Morgan fingerprint density at radius 3 is 2.53 bits per heavy atom. The van der Waals surface area contributed by atoms with Gasteiger partial charge in [0.1, 0.15) is 5.82 Å². The summed E-state index contributed by atoms with van der Waals surface area (Å²) < 4.78 is 12.9. The summed E-state index contributed by atoms with van der Waals surface area (Å²) in [7, 11) is 0. The van der Waals surface area contributed by atoms with E-state index in [1.54, 1.807) is 12.1 Å². The van der Waals surface area contributed by atoms with Crippen molar-refractivity contribution in [1.29, 1.82) is 0 Å². The highest BCUT2D eigenvalue weighted by atomic mass is 19.1. The maximum absolute atomic E-state index is 12.9. The minimum atomic E-state index is -0.364. The molecular formula is C14H19FN2O2. The normalized spacial score (nSPS) is 16.5. The van der Waals surface area contributed by atoms with Crippen molar-refractivity contribution in [2.45, 2.75) is 31.2 Å². The Morgan fingerprint density at radius 1 is 1.32 bits per heavy atom. The number of hydrogen-bond donors (Lipinski definition) is 3. The molecule has 104 valence electrons. The quantitative estimate of drug-likeness (QED) is 0.713. The monoisotopic (exact) mass is 266 g/mol. The zero-order chi connectivity index (χ0) is 13.7. The Bertz CT molecular complexity index is 430. The predicted molar refractivity (Wildman–Crippen MR) is 70.2 cm³/mol. The van der Waals surface area contributed by atoms with Crippen LogP contribution in [0.25, 0.3) is 0 Å². The van der Waals surface area contributed by atoms with Crippen molar-refractivity contribution in [2.24, 2.45) is 0 Å². The standard InChI is InChI=1S/C14H19FN2O2/c15-12-5-3-11(4-6-12)14(7-1-8-14)17-13(19)16-9-2-10-18/h3-6,18H,1-2,7-10H2,(H2,16,17,19). The first-order chi connectivity index (χ1) is 9.16. The Labute approximate surface area is 112 Å². The Hall–Kier alpha value is -1.62. The highest BCUT2D eigenvalue weighted by Gasteiger charge is 2.39. The first kappa shape index (κ1) is 13.8. The largest absolute Gasteiger partial charge is 0.396 e. The van der Waals surface area contributed by atoms with Gasteiger partial charge in [-0.3, -0.25) is 0 Å². The Balaban J connectivity index is 1.98. The van der Waals surface area contributed by atoms with Gasteiger partial charge in [-0.05, 0) is 43.4 Å². The molecule has 19 heavy (non-hydrogen) atoms. The summed E-state index contributed by atoms with van der Waals surface area (Å²) in [5.41, 5.74) is 0.578. The van der Waals surface area contributed by atoms with Gasteiger partial charge in [-0.15, -0.1) is 0 Å². The van der Waals surface area contributed by atoms with Gasteiger partial charge in [-0.2, -0.15) is 0 Å². The molecule has 1 aliphatic rings. The predicted octanol–water partition coefficient (Wildman–Crippen LogP) is 1.89. The van der Waals surface area contributed by atoms with Crippen LogP contribution < -0.4 is 10.6 Å². The molecule has 4 nitrogen and oxygen atoms in total. The van der Waals surface area contributed by atoms with Crippen molar-refractivity contribution in [3.8, 4) is 0 Å². The van der Waals surface area contributed by atoms with E-state index in [9.17, 15) is 9.18 Å². The summed E-state index contributed by atoms with van der Waals surface area (Å²) in [6, 6.07) is 6.05. The summed E-state index contributed by atoms with van der Waals surface area (Å²) in [6.45, 7) is 0.505. The van der Waals surface area contributed by atoms with Gasteiger partial charge in [0.25, 0.3) is 0 Å². The SMILES string of the molecule is O=C(NCCCO)NC1(c2ccc(F)cc2)CCC1. The Kier molecular flexibility index (Phi) is 4.37. The second-order valence-corrected chi connectivity index (χ2v) is 4.90. The molecule has 1 saturated carbocycles. The molecule has 1 fully saturated rings. The fourth-order valence-electron chi connectivity index (χ4n) is 2.33. The van der Waals surface area contributed by atoms with Crippen molar-refractivity contribution in [1.82, 2.24) is 10.6 Å². The molecule has 0 saturated heterocycles. The van der Waals surface area contributed by atoms with Crippen molar-refractivity contribution in [3.63, 3.8) is 0 Å². The van der Waals surface area contributed by atoms with Crippen molar-refractivity contribution in [2.75, 3.05) is 13.2 Å². The van der Waals surface area contributed by atoms with Crippen LogP contribution in [0, 0.1) is 5.82 Å². The molecule has 0 bridgehead atoms. The lowest BCUT2D eigenvalue weighted by Gasteiger charge is -2.43. The van der Waals surface area contributed by atoms with E-state index in [2.05, 4.69) is 10.6 Å². The third-order valence-corrected chi connectivity index (χ3v) is 3.58. The second kappa shape index (κ2) is 6.02. The number of carbonyl (C=O) groups excluding carboxylic acids is 1. The molecule has 0 unspecified atom stereocenters. The van der Waals surface area contributed by atoms with E-state index in [1.165, 1.54) is 12.1 Å². The van der Waals surface area contributed by atoms with Gasteiger partial charge >= 0.3 is 6.03 Å². The maximum Gasteiger partial charge on any atom is 0.315 e. The van der Waals surface area contributed by atoms with Crippen LogP contribution >= 0.6 is 0 Å². The molecule has 0 atom stereocenters. The average molecular weight is 266 g/mol. The minimum absolute atomic E-state index is 0.0589. The number of nitrogens with one attached hydrogen (secondary N) is 2. The lowest BCUT2D eigenvalue weighted by molar-refractivity contribution is 0.176. The second-order valence-electron chi connectivity index (χ2n) is 4.90. The molecule has 0 heterocycles. The molecule has 1 aromatic rings. The molecule has 2 amide bonds. The van der Waals surface area contributed by atoms with Crippen LogP contribution in [-0.4, -0.2) is 24.3 Å². The number of aliphatic hydroxyl groups is 1. The molecule has 0 aromatic heterocycles. The fourth-order valence-corrected chi connectivity index (χ4v) is 2.33. The molecule has 5 heteroatoms. The van der Waals surface area contributed by atoms with E-state index in [-0.39, 0.29) is 24.0 Å². The number of aliphatic hydroxyl groups excluding tert-OH is 1. The van der Waals surface area contributed by atoms with Gasteiger partial charge in [0.15, 0.2) is 0 Å². The summed E-state index contributed by atoms with van der Waals surface area (Å²) >= 11 is 0. The highest BCUT2D eigenvalue weighted by molar-refractivity contribution is 5.75. The highest BCUT2D eigenvalue weighted by Crippen LogP contribution is 2.41. The van der Waals surface area contributed by atoms with Gasteiger partial charge in [-0.25, -0.2) is 9.18 Å². The zero-order valence-electron chi connectivity index (χ0n) is 10.8. The van der Waals surface area contributed by atoms with Crippen LogP contribution in [0.5, 0.6) is 0 Å². The van der Waals surface area contributed by atoms with Crippen molar-refractivity contribution in [3.05, 3.63) is 35.6 Å². The number of rotatable bonds is 5. The van der Waals surface area contributed by atoms with E-state index in [0.29, 0.717) is 13.0 Å². The van der Waals surface area contributed by atoms with Gasteiger partial charge in [0, 0.05) is 13.2 Å². The van der Waals surface area contributed by atoms with Crippen LogP contribution in [0.1, 0.15) is 31.2 Å². The molecule has 0 radical (unpaired) electrons. The molecular weight excluding hydrogens is 247 g/mol. The minimum Gasteiger partial charge on any atom is -0.396 e. The molecule has 0 spiro atoms. The molecule has 2 rings (SSSR count). The van der Waals surface area contributed by atoms with Crippen LogP contribution in [-0.2, 0) is 5.54 Å². The number of urea groups is 1.